The molecular weight excluding hydrogens is 308 g/mol. The van der Waals surface area contributed by atoms with Gasteiger partial charge in [0.1, 0.15) is 11.4 Å². The van der Waals surface area contributed by atoms with Gasteiger partial charge in [0.05, 0.1) is 37.5 Å². The number of methoxy groups -OCH3 is 2. The molecule has 0 unspecified atom stereocenters. The average Bonchev–Trinajstić information content (AvgIpc) is 2.94. The molecule has 0 fully saturated rings. The quantitative estimate of drug-likeness (QED) is 0.533. The molecule has 0 atom stereocenters. The Hall–Kier alpha value is -3.15. The van der Waals surface area contributed by atoms with Crippen molar-refractivity contribution in [3.63, 3.8) is 0 Å². The van der Waals surface area contributed by atoms with Crippen LogP contribution >= 0.6 is 0 Å². The van der Waals surface area contributed by atoms with Gasteiger partial charge in [-0.1, -0.05) is 6.07 Å². The fourth-order valence-corrected chi connectivity index (χ4v) is 2.74. The Balaban J connectivity index is 2.29. The first kappa shape index (κ1) is 15.7. The summed E-state index contributed by atoms with van der Waals surface area (Å²) in [6, 6.07) is 10.8. The summed E-state index contributed by atoms with van der Waals surface area (Å²) in [6.45, 7) is 0.336. The molecule has 6 nitrogen and oxygen atoms in total. The van der Waals surface area contributed by atoms with Crippen LogP contribution in [0, 0.1) is 0 Å². The van der Waals surface area contributed by atoms with Gasteiger partial charge in [0, 0.05) is 17.6 Å². The Kier molecular flexibility index (Phi) is 4.29. The number of aromatic nitrogens is 2. The summed E-state index contributed by atoms with van der Waals surface area (Å²) in [5.41, 5.74) is 1.99. The van der Waals surface area contributed by atoms with Gasteiger partial charge < -0.3 is 14.0 Å². The maximum absolute atomic E-state index is 12.3. The second-order valence-electron chi connectivity index (χ2n) is 5.16. The SMILES string of the molecule is COC(=O)c1c(C=O)c2ccc(OC)cc2n1Cc1ccccn1. The lowest BCUT2D eigenvalue weighted by atomic mass is 10.1. The zero-order chi connectivity index (χ0) is 17.1. The minimum Gasteiger partial charge on any atom is -0.497 e. The number of hydrogen-bond acceptors (Lipinski definition) is 5. The van der Waals surface area contributed by atoms with Crippen molar-refractivity contribution in [2.24, 2.45) is 0 Å². The van der Waals surface area contributed by atoms with Crippen LogP contribution in [0.25, 0.3) is 10.9 Å². The number of ether oxygens (including phenoxy) is 2. The molecule has 0 saturated heterocycles. The highest BCUT2D eigenvalue weighted by Gasteiger charge is 2.23. The lowest BCUT2D eigenvalue weighted by Gasteiger charge is -2.10. The topological polar surface area (TPSA) is 70.4 Å². The third kappa shape index (κ3) is 2.62. The number of nitrogens with zero attached hydrogens (tertiary/aromatic N) is 2. The van der Waals surface area contributed by atoms with Crippen LogP contribution < -0.4 is 4.74 Å². The van der Waals surface area contributed by atoms with Crippen LogP contribution in [0.2, 0.25) is 0 Å². The van der Waals surface area contributed by atoms with Gasteiger partial charge in [-0.3, -0.25) is 9.78 Å². The van der Waals surface area contributed by atoms with Gasteiger partial charge in [-0.2, -0.15) is 0 Å². The van der Waals surface area contributed by atoms with Crippen molar-refractivity contribution in [2.75, 3.05) is 14.2 Å². The van der Waals surface area contributed by atoms with Crippen LogP contribution in [0.4, 0.5) is 0 Å². The molecule has 3 aromatic rings. The molecule has 0 spiro atoms. The van der Waals surface area contributed by atoms with Crippen molar-refractivity contribution in [3.05, 3.63) is 59.5 Å². The van der Waals surface area contributed by atoms with Crippen molar-refractivity contribution in [2.45, 2.75) is 6.54 Å². The van der Waals surface area contributed by atoms with E-state index in [9.17, 15) is 9.59 Å². The van der Waals surface area contributed by atoms with E-state index in [-0.39, 0.29) is 5.69 Å². The second kappa shape index (κ2) is 6.54. The van der Waals surface area contributed by atoms with Gasteiger partial charge in [0.25, 0.3) is 0 Å². The summed E-state index contributed by atoms with van der Waals surface area (Å²) in [6.07, 6.45) is 2.36. The smallest absolute Gasteiger partial charge is 0.355 e. The fraction of sp³-hybridized carbons (Fsp3) is 0.167. The van der Waals surface area contributed by atoms with E-state index < -0.39 is 5.97 Å². The van der Waals surface area contributed by atoms with E-state index >= 15 is 0 Å². The monoisotopic (exact) mass is 324 g/mol. The molecule has 24 heavy (non-hydrogen) atoms. The highest BCUT2D eigenvalue weighted by atomic mass is 16.5. The van der Waals surface area contributed by atoms with E-state index in [2.05, 4.69) is 4.98 Å². The van der Waals surface area contributed by atoms with Crippen LogP contribution in [0.1, 0.15) is 26.5 Å². The van der Waals surface area contributed by atoms with E-state index in [1.165, 1.54) is 7.11 Å². The predicted molar refractivity (Wildman–Crippen MR) is 88.6 cm³/mol. The van der Waals surface area contributed by atoms with Gasteiger partial charge in [0.2, 0.25) is 0 Å². The Labute approximate surface area is 138 Å². The summed E-state index contributed by atoms with van der Waals surface area (Å²) in [5.74, 6) is 0.0688. The molecule has 0 aliphatic heterocycles. The van der Waals surface area contributed by atoms with Gasteiger partial charge in [-0.25, -0.2) is 4.79 Å². The zero-order valence-corrected chi connectivity index (χ0v) is 13.4. The number of carbonyl (C=O) groups is 2. The van der Waals surface area contributed by atoms with E-state index in [0.717, 1.165) is 5.69 Å². The molecule has 2 heterocycles. The van der Waals surface area contributed by atoms with Crippen LogP contribution in [0.3, 0.4) is 0 Å². The standard InChI is InChI=1S/C18H16N2O4/c1-23-13-6-7-14-15(11-21)17(18(22)24-2)20(16(14)9-13)10-12-5-3-4-8-19-12/h3-9,11H,10H2,1-2H3. The normalized spacial score (nSPS) is 10.6. The van der Waals surface area contributed by atoms with E-state index in [1.54, 1.807) is 36.1 Å². The molecule has 122 valence electrons. The molecule has 0 aliphatic rings. The molecule has 0 bridgehead atoms. The third-order valence-corrected chi connectivity index (χ3v) is 3.85. The van der Waals surface area contributed by atoms with E-state index in [4.69, 9.17) is 9.47 Å². The molecule has 0 radical (unpaired) electrons. The van der Waals surface area contributed by atoms with Gasteiger partial charge in [-0.05, 0) is 24.3 Å². The second-order valence-corrected chi connectivity index (χ2v) is 5.16. The maximum Gasteiger partial charge on any atom is 0.355 e. The number of esters is 1. The minimum absolute atomic E-state index is 0.210. The molecule has 0 amide bonds. The highest BCUT2D eigenvalue weighted by Crippen LogP contribution is 2.29. The number of hydrogen-bond donors (Lipinski definition) is 0. The maximum atomic E-state index is 12.3. The summed E-state index contributed by atoms with van der Waals surface area (Å²) in [5, 5.41) is 0.669. The van der Waals surface area contributed by atoms with Crippen molar-refractivity contribution in [3.8, 4) is 5.75 Å². The van der Waals surface area contributed by atoms with Crippen LogP contribution in [-0.4, -0.2) is 36.0 Å². The molecule has 3 rings (SSSR count). The van der Waals surface area contributed by atoms with Crippen LogP contribution in [-0.2, 0) is 11.3 Å². The third-order valence-electron chi connectivity index (χ3n) is 3.85. The van der Waals surface area contributed by atoms with E-state index in [1.807, 2.05) is 18.2 Å². The Morgan fingerprint density at radius 1 is 1.25 bits per heavy atom. The van der Waals surface area contributed by atoms with Crippen molar-refractivity contribution >= 4 is 23.2 Å². The lowest BCUT2D eigenvalue weighted by Crippen LogP contribution is -2.14. The van der Waals surface area contributed by atoms with E-state index in [0.29, 0.717) is 35.0 Å². The Bertz CT molecular complexity index is 900. The first-order valence-electron chi connectivity index (χ1n) is 7.33. The lowest BCUT2D eigenvalue weighted by molar-refractivity contribution is 0.0587. The van der Waals surface area contributed by atoms with Crippen molar-refractivity contribution in [1.29, 1.82) is 0 Å². The number of benzene rings is 1. The summed E-state index contributed by atoms with van der Waals surface area (Å²) in [4.78, 5) is 28.2. The summed E-state index contributed by atoms with van der Waals surface area (Å²) >= 11 is 0. The molecule has 0 aliphatic carbocycles. The fourth-order valence-electron chi connectivity index (χ4n) is 2.74. The largest absolute Gasteiger partial charge is 0.497 e. The molecular formula is C18H16N2O4. The highest BCUT2D eigenvalue weighted by molar-refractivity contribution is 6.09. The van der Waals surface area contributed by atoms with Gasteiger partial charge in [-0.15, -0.1) is 0 Å². The van der Waals surface area contributed by atoms with Crippen molar-refractivity contribution < 1.29 is 19.1 Å². The molecule has 1 aromatic carbocycles. The molecule has 0 N–H and O–H groups in total. The molecule has 0 saturated carbocycles. The summed E-state index contributed by atoms with van der Waals surface area (Å²) < 4.78 is 11.9. The predicted octanol–water partition coefficient (Wildman–Crippen LogP) is 2.69. The van der Waals surface area contributed by atoms with Crippen LogP contribution in [0.5, 0.6) is 5.75 Å². The number of aldehydes is 1. The van der Waals surface area contributed by atoms with Gasteiger partial charge in [0.15, 0.2) is 6.29 Å². The Morgan fingerprint density at radius 2 is 2.08 bits per heavy atom. The number of carbonyl (C=O) groups excluding carboxylic acids is 2. The van der Waals surface area contributed by atoms with Gasteiger partial charge >= 0.3 is 5.97 Å². The summed E-state index contributed by atoms with van der Waals surface area (Å²) in [7, 11) is 2.86. The zero-order valence-electron chi connectivity index (χ0n) is 13.4. The number of fused-ring (bicyclic) bond motifs is 1. The first-order valence-corrected chi connectivity index (χ1v) is 7.33. The van der Waals surface area contributed by atoms with Crippen molar-refractivity contribution in [1.82, 2.24) is 9.55 Å². The first-order chi connectivity index (χ1) is 11.7. The molecule has 6 heteroatoms. The molecule has 2 aromatic heterocycles. The average molecular weight is 324 g/mol. The number of pyridine rings is 1. The van der Waals surface area contributed by atoms with Crippen LogP contribution in [0.15, 0.2) is 42.6 Å². The minimum atomic E-state index is -0.566. The number of rotatable bonds is 5. The Morgan fingerprint density at radius 3 is 2.71 bits per heavy atom.